The molecule has 0 saturated heterocycles. The molecule has 1 rings (SSSR count). The van der Waals surface area contributed by atoms with Gasteiger partial charge in [0.1, 0.15) is 0 Å². The number of hydrogen-bond acceptors (Lipinski definition) is 4. The van der Waals surface area contributed by atoms with Gasteiger partial charge in [0.15, 0.2) is 0 Å². The zero-order valence-corrected chi connectivity index (χ0v) is 11.1. The average molecular weight is 303 g/mol. The quantitative estimate of drug-likeness (QED) is 0.796. The molecular weight excluding hydrogens is 295 g/mol. The molecule has 1 aromatic rings. The number of benzene rings is 1. The molecule has 0 saturated carbocycles. The van der Waals surface area contributed by atoms with E-state index in [4.69, 9.17) is 21.4 Å². The van der Waals surface area contributed by atoms with Gasteiger partial charge in [-0.05, 0) is 11.1 Å². The van der Waals surface area contributed by atoms with E-state index in [1.165, 1.54) is 24.3 Å². The summed E-state index contributed by atoms with van der Waals surface area (Å²) in [6.07, 6.45) is 0. The lowest BCUT2D eigenvalue weighted by atomic mass is 10.2. The van der Waals surface area contributed by atoms with Gasteiger partial charge in [-0.2, -0.15) is 0 Å². The molecule has 0 fully saturated rings. The molecule has 8 heteroatoms. The third-order valence-corrected chi connectivity index (χ3v) is 3.71. The standard InChI is InChI=1S/C8H8Cl2O4S2/c9-15(11,12)5-7-1-2-8(4-3-7)6-16(10,13)14/h1-4H,5-6H2. The highest BCUT2D eigenvalue weighted by Crippen LogP contribution is 2.14. The third kappa shape index (κ3) is 5.69. The summed E-state index contributed by atoms with van der Waals surface area (Å²) in [5, 5.41) is 0. The molecule has 4 nitrogen and oxygen atoms in total. The van der Waals surface area contributed by atoms with Crippen molar-refractivity contribution in [3.05, 3.63) is 35.4 Å². The van der Waals surface area contributed by atoms with E-state index in [1.54, 1.807) is 0 Å². The van der Waals surface area contributed by atoms with Gasteiger partial charge in [-0.25, -0.2) is 16.8 Å². The molecule has 1 aromatic carbocycles. The van der Waals surface area contributed by atoms with Gasteiger partial charge in [0.2, 0.25) is 18.1 Å². The maximum atomic E-state index is 10.8. The topological polar surface area (TPSA) is 68.3 Å². The lowest BCUT2D eigenvalue weighted by molar-refractivity contribution is 0.606. The molecule has 0 amide bonds. The minimum atomic E-state index is -3.60. The monoisotopic (exact) mass is 302 g/mol. The van der Waals surface area contributed by atoms with Crippen molar-refractivity contribution in [3.8, 4) is 0 Å². The first-order valence-electron chi connectivity index (χ1n) is 4.08. The van der Waals surface area contributed by atoms with E-state index in [9.17, 15) is 16.8 Å². The molecule has 0 aliphatic rings. The molecule has 0 spiro atoms. The molecule has 0 aliphatic heterocycles. The molecule has 0 bridgehead atoms. The Labute approximate surface area is 103 Å². The maximum Gasteiger partial charge on any atom is 0.236 e. The van der Waals surface area contributed by atoms with Gasteiger partial charge in [-0.1, -0.05) is 24.3 Å². The normalized spacial score (nSPS) is 12.6. The van der Waals surface area contributed by atoms with E-state index < -0.39 is 18.1 Å². The van der Waals surface area contributed by atoms with Crippen LogP contribution in [0.25, 0.3) is 0 Å². The van der Waals surface area contributed by atoms with Crippen LogP contribution >= 0.6 is 21.4 Å². The van der Waals surface area contributed by atoms with Gasteiger partial charge in [-0.3, -0.25) is 0 Å². The van der Waals surface area contributed by atoms with Gasteiger partial charge in [0, 0.05) is 21.4 Å². The van der Waals surface area contributed by atoms with Gasteiger partial charge in [0.05, 0.1) is 11.5 Å². The smallest absolute Gasteiger partial charge is 0.212 e. The van der Waals surface area contributed by atoms with Crippen molar-refractivity contribution in [1.82, 2.24) is 0 Å². The second-order valence-corrected chi connectivity index (χ2v) is 8.74. The van der Waals surface area contributed by atoms with Crippen LogP contribution in [0, 0.1) is 0 Å². The Balaban J connectivity index is 2.84. The average Bonchev–Trinajstić information content (AvgIpc) is 2.03. The van der Waals surface area contributed by atoms with Crippen molar-refractivity contribution < 1.29 is 16.8 Å². The Morgan fingerprint density at radius 3 is 1.19 bits per heavy atom. The van der Waals surface area contributed by atoms with E-state index in [0.29, 0.717) is 11.1 Å². The lowest BCUT2D eigenvalue weighted by Gasteiger charge is -2.00. The first-order valence-corrected chi connectivity index (χ1v) is 9.04. The van der Waals surface area contributed by atoms with Gasteiger partial charge >= 0.3 is 0 Å². The van der Waals surface area contributed by atoms with Crippen LogP contribution in [0.1, 0.15) is 11.1 Å². The minimum Gasteiger partial charge on any atom is -0.212 e. The van der Waals surface area contributed by atoms with Gasteiger partial charge < -0.3 is 0 Å². The van der Waals surface area contributed by atoms with Crippen LogP contribution in [0.2, 0.25) is 0 Å². The van der Waals surface area contributed by atoms with E-state index >= 15 is 0 Å². The van der Waals surface area contributed by atoms with Crippen LogP contribution in [0.3, 0.4) is 0 Å². The molecule has 16 heavy (non-hydrogen) atoms. The van der Waals surface area contributed by atoms with Crippen LogP contribution in [0.5, 0.6) is 0 Å². The van der Waals surface area contributed by atoms with Crippen LogP contribution in [0.4, 0.5) is 0 Å². The summed E-state index contributed by atoms with van der Waals surface area (Å²) in [6.45, 7) is 0. The molecule has 0 N–H and O–H groups in total. The molecule has 0 unspecified atom stereocenters. The largest absolute Gasteiger partial charge is 0.236 e. The van der Waals surface area contributed by atoms with E-state index in [1.807, 2.05) is 0 Å². The highest BCUT2D eigenvalue weighted by Gasteiger charge is 2.09. The molecule has 0 aliphatic carbocycles. The van der Waals surface area contributed by atoms with E-state index in [-0.39, 0.29) is 11.5 Å². The maximum absolute atomic E-state index is 10.8. The van der Waals surface area contributed by atoms with Crippen molar-refractivity contribution >= 4 is 39.5 Å². The Hall–Kier alpha value is -0.300. The van der Waals surface area contributed by atoms with Crippen molar-refractivity contribution in [1.29, 1.82) is 0 Å². The summed E-state index contributed by atoms with van der Waals surface area (Å²) in [4.78, 5) is 0. The Bertz CT molecular complexity index is 508. The summed E-state index contributed by atoms with van der Waals surface area (Å²) in [5.41, 5.74) is 0.983. The van der Waals surface area contributed by atoms with Crippen LogP contribution in [-0.4, -0.2) is 16.8 Å². The SMILES string of the molecule is O=S(=O)(Cl)Cc1ccc(CS(=O)(=O)Cl)cc1. The van der Waals surface area contributed by atoms with Gasteiger partial charge in [0.25, 0.3) is 0 Å². The molecule has 0 radical (unpaired) electrons. The molecule has 0 heterocycles. The zero-order chi connectivity index (χ0) is 12.4. The first kappa shape index (κ1) is 13.8. The molecule has 0 aromatic heterocycles. The molecular formula is C8H8Cl2O4S2. The van der Waals surface area contributed by atoms with Crippen LogP contribution in [-0.2, 0) is 29.6 Å². The number of rotatable bonds is 4. The van der Waals surface area contributed by atoms with Crippen LogP contribution in [0.15, 0.2) is 24.3 Å². The fourth-order valence-electron chi connectivity index (χ4n) is 1.13. The fourth-order valence-corrected chi connectivity index (χ4v) is 3.07. The zero-order valence-electron chi connectivity index (χ0n) is 7.93. The number of hydrogen-bond donors (Lipinski definition) is 0. The highest BCUT2D eigenvalue weighted by molar-refractivity contribution is 8.13. The van der Waals surface area contributed by atoms with Gasteiger partial charge in [-0.15, -0.1) is 0 Å². The summed E-state index contributed by atoms with van der Waals surface area (Å²) >= 11 is 0. The summed E-state index contributed by atoms with van der Waals surface area (Å²) in [6, 6.07) is 5.99. The summed E-state index contributed by atoms with van der Waals surface area (Å²) in [7, 11) is 2.94. The summed E-state index contributed by atoms with van der Waals surface area (Å²) < 4.78 is 43.1. The second kappa shape index (κ2) is 4.91. The molecule has 90 valence electrons. The van der Waals surface area contributed by atoms with Crippen molar-refractivity contribution in [2.45, 2.75) is 11.5 Å². The van der Waals surface area contributed by atoms with Crippen molar-refractivity contribution in [3.63, 3.8) is 0 Å². The fraction of sp³-hybridized carbons (Fsp3) is 0.250. The molecule has 0 atom stereocenters. The number of halogens is 2. The predicted molar refractivity (Wildman–Crippen MR) is 63.4 cm³/mol. The van der Waals surface area contributed by atoms with E-state index in [2.05, 4.69) is 0 Å². The first-order chi connectivity index (χ1) is 7.16. The summed E-state index contributed by atoms with van der Waals surface area (Å²) in [5.74, 6) is -0.578. The highest BCUT2D eigenvalue weighted by atomic mass is 35.7. The Morgan fingerprint density at radius 1 is 0.750 bits per heavy atom. The van der Waals surface area contributed by atoms with Crippen molar-refractivity contribution in [2.75, 3.05) is 0 Å². The Morgan fingerprint density at radius 2 is 1.00 bits per heavy atom. The van der Waals surface area contributed by atoms with Crippen molar-refractivity contribution in [2.24, 2.45) is 0 Å². The minimum absolute atomic E-state index is 0.289. The van der Waals surface area contributed by atoms with E-state index in [0.717, 1.165) is 0 Å². The Kier molecular flexibility index (Phi) is 4.23. The van der Waals surface area contributed by atoms with Crippen LogP contribution < -0.4 is 0 Å². The lowest BCUT2D eigenvalue weighted by Crippen LogP contribution is -1.97. The third-order valence-electron chi connectivity index (χ3n) is 1.70. The predicted octanol–water partition coefficient (Wildman–Crippen LogP) is 1.82. The second-order valence-electron chi connectivity index (χ2n) is 3.18.